The number of carbonyl (C=O) groups is 1. The average Bonchev–Trinajstić information content (AvgIpc) is 2.78. The lowest BCUT2D eigenvalue weighted by Crippen LogP contribution is -2.53. The van der Waals surface area contributed by atoms with Crippen molar-refractivity contribution in [2.75, 3.05) is 6.54 Å². The van der Waals surface area contributed by atoms with E-state index in [0.29, 0.717) is 19.4 Å². The summed E-state index contributed by atoms with van der Waals surface area (Å²) in [7, 11) is 1.60. The molecule has 0 saturated heterocycles. The number of aryl methyl sites for hydroxylation is 1. The molecular weight excluding hydrogens is 248 g/mol. The Morgan fingerprint density at radius 1 is 1.53 bits per heavy atom. The molecule has 0 radical (unpaired) electrons. The second-order valence-corrected chi connectivity index (χ2v) is 4.60. The van der Waals surface area contributed by atoms with Crippen LogP contribution in [0.4, 0.5) is 5.69 Å². The highest BCUT2D eigenvalue weighted by molar-refractivity contribution is 5.94. The first-order chi connectivity index (χ1) is 8.89. The molecule has 19 heavy (non-hydrogen) atoms. The van der Waals surface area contributed by atoms with Crippen LogP contribution in [0.25, 0.3) is 0 Å². The predicted octanol–water partition coefficient (Wildman–Crippen LogP) is 1.18. The smallest absolute Gasteiger partial charge is 0.287 e. The first-order valence-electron chi connectivity index (χ1n) is 6.22. The largest absolute Gasteiger partial charge is 0.344 e. The Labute approximate surface area is 111 Å². The fourth-order valence-electron chi connectivity index (χ4n) is 1.94. The number of hydrogen-bond acceptors (Lipinski definition) is 4. The van der Waals surface area contributed by atoms with E-state index in [1.54, 1.807) is 7.05 Å². The molecule has 0 bridgehead atoms. The molecule has 1 amide bonds. The first-order valence-corrected chi connectivity index (χ1v) is 6.22. The summed E-state index contributed by atoms with van der Waals surface area (Å²) in [6.07, 6.45) is 2.73. The van der Waals surface area contributed by atoms with Crippen molar-refractivity contribution in [3.05, 3.63) is 28.1 Å². The molecule has 1 rings (SSSR count). The maximum atomic E-state index is 12.2. The van der Waals surface area contributed by atoms with Crippen LogP contribution in [0.2, 0.25) is 0 Å². The maximum Gasteiger partial charge on any atom is 0.287 e. The van der Waals surface area contributed by atoms with Crippen LogP contribution < -0.4 is 11.1 Å². The molecule has 0 aliphatic heterocycles. The number of carbonyl (C=O) groups excluding carboxylic acids is 1. The number of amides is 1. The zero-order valence-electron chi connectivity index (χ0n) is 11.5. The van der Waals surface area contributed by atoms with Gasteiger partial charge in [-0.05, 0) is 12.8 Å². The van der Waals surface area contributed by atoms with E-state index in [0.717, 1.165) is 0 Å². The van der Waals surface area contributed by atoms with E-state index < -0.39 is 10.5 Å². The second-order valence-electron chi connectivity index (χ2n) is 4.60. The molecule has 1 heterocycles. The van der Waals surface area contributed by atoms with E-state index in [9.17, 15) is 14.9 Å². The minimum absolute atomic E-state index is 0.0982. The van der Waals surface area contributed by atoms with Crippen LogP contribution in [0.1, 0.15) is 37.2 Å². The summed E-state index contributed by atoms with van der Waals surface area (Å²) < 4.78 is 1.44. The molecular formula is C12H20N4O3. The second kappa shape index (κ2) is 5.83. The molecule has 0 aromatic carbocycles. The third-order valence-corrected chi connectivity index (χ3v) is 3.56. The highest BCUT2D eigenvalue weighted by Gasteiger charge is 2.28. The summed E-state index contributed by atoms with van der Waals surface area (Å²) in [5, 5.41) is 13.6. The van der Waals surface area contributed by atoms with Gasteiger partial charge >= 0.3 is 0 Å². The van der Waals surface area contributed by atoms with Crippen molar-refractivity contribution in [3.63, 3.8) is 0 Å². The van der Waals surface area contributed by atoms with Crippen LogP contribution >= 0.6 is 0 Å². The van der Waals surface area contributed by atoms with Gasteiger partial charge in [0.25, 0.3) is 11.6 Å². The quantitative estimate of drug-likeness (QED) is 0.597. The molecule has 106 valence electrons. The Kier molecular flexibility index (Phi) is 4.66. The van der Waals surface area contributed by atoms with E-state index >= 15 is 0 Å². The van der Waals surface area contributed by atoms with Gasteiger partial charge in [-0.2, -0.15) is 0 Å². The number of hydrogen-bond donors (Lipinski definition) is 2. The molecule has 7 nitrogen and oxygen atoms in total. The lowest BCUT2D eigenvalue weighted by atomic mass is 9.93. The minimum atomic E-state index is -0.521. The molecule has 0 aliphatic carbocycles. The topological polar surface area (TPSA) is 103 Å². The molecule has 0 saturated carbocycles. The molecule has 0 fully saturated rings. The van der Waals surface area contributed by atoms with Gasteiger partial charge in [-0.1, -0.05) is 13.8 Å². The van der Waals surface area contributed by atoms with Gasteiger partial charge in [-0.25, -0.2) is 0 Å². The summed E-state index contributed by atoms with van der Waals surface area (Å²) in [6.45, 7) is 4.23. The number of aromatic nitrogens is 1. The third kappa shape index (κ3) is 3.11. The summed E-state index contributed by atoms with van der Waals surface area (Å²) in [5.41, 5.74) is 5.41. The fraction of sp³-hybridized carbons (Fsp3) is 0.583. The van der Waals surface area contributed by atoms with E-state index in [1.165, 1.54) is 16.8 Å². The third-order valence-electron chi connectivity index (χ3n) is 3.56. The van der Waals surface area contributed by atoms with Gasteiger partial charge in [0.2, 0.25) is 0 Å². The van der Waals surface area contributed by atoms with E-state index in [2.05, 4.69) is 5.32 Å². The zero-order valence-corrected chi connectivity index (χ0v) is 11.5. The molecule has 1 aromatic rings. The van der Waals surface area contributed by atoms with Crippen LogP contribution in [0.15, 0.2) is 12.3 Å². The zero-order chi connectivity index (χ0) is 14.6. The van der Waals surface area contributed by atoms with E-state index in [1.807, 2.05) is 13.8 Å². The monoisotopic (exact) mass is 268 g/mol. The lowest BCUT2D eigenvalue weighted by molar-refractivity contribution is -0.384. The van der Waals surface area contributed by atoms with Crippen molar-refractivity contribution in [3.8, 4) is 0 Å². The Balaban J connectivity index is 2.98. The van der Waals surface area contributed by atoms with Crippen molar-refractivity contribution in [1.82, 2.24) is 9.88 Å². The Morgan fingerprint density at radius 2 is 2.11 bits per heavy atom. The van der Waals surface area contributed by atoms with Crippen molar-refractivity contribution >= 4 is 11.6 Å². The van der Waals surface area contributed by atoms with Gasteiger partial charge in [0.15, 0.2) is 0 Å². The lowest BCUT2D eigenvalue weighted by Gasteiger charge is -2.31. The highest BCUT2D eigenvalue weighted by atomic mass is 16.6. The normalized spacial score (nSPS) is 11.4. The number of rotatable bonds is 6. The Hall–Kier alpha value is -1.89. The van der Waals surface area contributed by atoms with Crippen LogP contribution in [0.5, 0.6) is 0 Å². The first kappa shape index (κ1) is 15.2. The van der Waals surface area contributed by atoms with Crippen LogP contribution in [-0.2, 0) is 7.05 Å². The number of nitro groups is 1. The summed E-state index contributed by atoms with van der Waals surface area (Å²) in [5.74, 6) is -0.343. The van der Waals surface area contributed by atoms with E-state index in [4.69, 9.17) is 5.73 Å². The van der Waals surface area contributed by atoms with Crippen molar-refractivity contribution < 1.29 is 9.72 Å². The number of nitrogens with one attached hydrogen (secondary N) is 1. The summed E-state index contributed by atoms with van der Waals surface area (Å²) in [6, 6.07) is 1.27. The van der Waals surface area contributed by atoms with Crippen LogP contribution in [0.3, 0.4) is 0 Å². The van der Waals surface area contributed by atoms with Gasteiger partial charge in [0.1, 0.15) is 5.69 Å². The number of nitrogens with zero attached hydrogens (tertiary/aromatic N) is 2. The Morgan fingerprint density at radius 3 is 2.47 bits per heavy atom. The minimum Gasteiger partial charge on any atom is -0.344 e. The molecule has 1 aromatic heterocycles. The molecule has 3 N–H and O–H groups in total. The molecule has 7 heteroatoms. The molecule has 0 spiro atoms. The van der Waals surface area contributed by atoms with E-state index in [-0.39, 0.29) is 17.3 Å². The standard InChI is InChI=1S/C12H20N4O3/c1-4-12(5-2,8-13)14-11(17)10-6-9(16(18)19)7-15(10)3/h6-7H,4-5,8,13H2,1-3H3,(H,14,17). The SMILES string of the molecule is CCC(CC)(CN)NC(=O)c1cc([N+](=O)[O-])cn1C. The Bertz CT molecular complexity index is 469. The van der Waals surface area contributed by atoms with Crippen LogP contribution in [-0.4, -0.2) is 27.5 Å². The molecule has 0 atom stereocenters. The highest BCUT2D eigenvalue weighted by Crippen LogP contribution is 2.18. The van der Waals surface area contributed by atoms with Crippen molar-refractivity contribution in [2.24, 2.45) is 12.8 Å². The van der Waals surface area contributed by atoms with Crippen molar-refractivity contribution in [1.29, 1.82) is 0 Å². The van der Waals surface area contributed by atoms with Gasteiger partial charge < -0.3 is 15.6 Å². The van der Waals surface area contributed by atoms with Gasteiger partial charge in [-0.15, -0.1) is 0 Å². The molecule has 0 unspecified atom stereocenters. The summed E-state index contributed by atoms with van der Waals surface area (Å²) >= 11 is 0. The van der Waals surface area contributed by atoms with Crippen molar-refractivity contribution in [2.45, 2.75) is 32.2 Å². The molecule has 0 aliphatic rings. The van der Waals surface area contributed by atoms with Gasteiger partial charge in [0, 0.05) is 19.7 Å². The van der Waals surface area contributed by atoms with Crippen LogP contribution in [0, 0.1) is 10.1 Å². The number of nitrogens with two attached hydrogens (primary N) is 1. The fourth-order valence-corrected chi connectivity index (χ4v) is 1.94. The maximum absolute atomic E-state index is 12.2. The van der Waals surface area contributed by atoms with Gasteiger partial charge in [-0.3, -0.25) is 14.9 Å². The van der Waals surface area contributed by atoms with Gasteiger partial charge in [0.05, 0.1) is 16.7 Å². The average molecular weight is 268 g/mol. The predicted molar refractivity (Wildman–Crippen MR) is 71.9 cm³/mol. The summed E-state index contributed by atoms with van der Waals surface area (Å²) in [4.78, 5) is 22.3.